The van der Waals surface area contributed by atoms with Gasteiger partial charge in [-0.25, -0.2) is 0 Å². The van der Waals surface area contributed by atoms with Crippen LogP contribution in [0.15, 0.2) is 0 Å². The van der Waals surface area contributed by atoms with Crippen LogP contribution < -0.4 is 5.32 Å². The summed E-state index contributed by atoms with van der Waals surface area (Å²) in [6.45, 7) is 0. The van der Waals surface area contributed by atoms with Gasteiger partial charge >= 0.3 is 0 Å². The van der Waals surface area contributed by atoms with Gasteiger partial charge in [-0.3, -0.25) is 4.68 Å². The molecule has 0 aliphatic heterocycles. The van der Waals surface area contributed by atoms with Crippen LogP contribution in [0.4, 0.5) is 0 Å². The van der Waals surface area contributed by atoms with E-state index in [1.165, 1.54) is 24.2 Å². The van der Waals surface area contributed by atoms with Crippen LogP contribution in [0.2, 0.25) is 0 Å². The Morgan fingerprint density at radius 1 is 1.58 bits per heavy atom. The third kappa shape index (κ3) is 1.03. The molecule has 66 valence electrons. The zero-order valence-electron chi connectivity index (χ0n) is 7.54. The topological polar surface area (TPSA) is 42.7 Å². The van der Waals surface area contributed by atoms with E-state index in [4.69, 9.17) is 0 Å². The molecule has 1 atom stereocenters. The largest absolute Gasteiger partial charge is 0.312 e. The average molecular weight is 166 g/mol. The quantitative estimate of drug-likeness (QED) is 0.657. The van der Waals surface area contributed by atoms with E-state index in [1.807, 2.05) is 18.8 Å². The third-order valence-corrected chi connectivity index (χ3v) is 2.53. The minimum Gasteiger partial charge on any atom is -0.312 e. The molecule has 1 aromatic rings. The summed E-state index contributed by atoms with van der Waals surface area (Å²) in [5, 5.41) is 11.4. The van der Waals surface area contributed by atoms with Crippen LogP contribution in [0.3, 0.4) is 0 Å². The van der Waals surface area contributed by atoms with Gasteiger partial charge in [-0.05, 0) is 26.3 Å². The van der Waals surface area contributed by atoms with Crippen LogP contribution in [-0.2, 0) is 13.5 Å². The maximum Gasteiger partial charge on any atom is 0.0875 e. The Kier molecular flexibility index (Phi) is 1.84. The first-order chi connectivity index (χ1) is 5.83. The van der Waals surface area contributed by atoms with Crippen molar-refractivity contribution in [3.05, 3.63) is 11.4 Å². The van der Waals surface area contributed by atoms with Gasteiger partial charge < -0.3 is 5.32 Å². The number of aromatic nitrogens is 3. The Labute approximate surface area is 72.0 Å². The van der Waals surface area contributed by atoms with E-state index in [9.17, 15) is 0 Å². The van der Waals surface area contributed by atoms with Crippen LogP contribution in [0, 0.1) is 0 Å². The number of nitrogens with zero attached hydrogens (tertiary/aromatic N) is 3. The zero-order valence-corrected chi connectivity index (χ0v) is 7.54. The molecule has 0 fully saturated rings. The van der Waals surface area contributed by atoms with Crippen LogP contribution in [0.5, 0.6) is 0 Å². The van der Waals surface area contributed by atoms with E-state index in [0.717, 1.165) is 6.42 Å². The summed E-state index contributed by atoms with van der Waals surface area (Å²) in [6, 6.07) is 0.453. The van der Waals surface area contributed by atoms with E-state index >= 15 is 0 Å². The van der Waals surface area contributed by atoms with Crippen molar-refractivity contribution in [2.24, 2.45) is 7.05 Å². The molecule has 0 amide bonds. The normalized spacial score (nSPS) is 22.3. The third-order valence-electron chi connectivity index (χ3n) is 2.53. The minimum absolute atomic E-state index is 0.453. The Morgan fingerprint density at radius 2 is 2.42 bits per heavy atom. The summed E-state index contributed by atoms with van der Waals surface area (Å²) in [5.41, 5.74) is 2.44. The van der Waals surface area contributed by atoms with Crippen molar-refractivity contribution in [3.63, 3.8) is 0 Å². The standard InChI is InChI=1S/C8H14N4/c1-9-6-4-3-5-7-8(6)12(2)11-10-7/h6,9H,3-5H2,1-2H3. The molecule has 4 heteroatoms. The maximum atomic E-state index is 4.13. The monoisotopic (exact) mass is 166 g/mol. The van der Waals surface area contributed by atoms with Gasteiger partial charge in [0.25, 0.3) is 0 Å². The number of rotatable bonds is 1. The van der Waals surface area contributed by atoms with Crippen LogP contribution in [-0.4, -0.2) is 22.0 Å². The summed E-state index contributed by atoms with van der Waals surface area (Å²) in [5.74, 6) is 0. The van der Waals surface area contributed by atoms with Crippen molar-refractivity contribution in [1.82, 2.24) is 20.3 Å². The Morgan fingerprint density at radius 3 is 3.17 bits per heavy atom. The highest BCUT2D eigenvalue weighted by molar-refractivity contribution is 5.17. The molecule has 1 aliphatic rings. The minimum atomic E-state index is 0.453. The molecular formula is C8H14N4. The molecule has 0 saturated heterocycles. The van der Waals surface area contributed by atoms with Gasteiger partial charge in [0, 0.05) is 7.05 Å². The molecule has 0 saturated carbocycles. The van der Waals surface area contributed by atoms with Gasteiger partial charge in [-0.1, -0.05) is 5.21 Å². The summed E-state index contributed by atoms with van der Waals surface area (Å²) >= 11 is 0. The van der Waals surface area contributed by atoms with Gasteiger partial charge in [0.2, 0.25) is 0 Å². The van der Waals surface area contributed by atoms with Crippen molar-refractivity contribution in [1.29, 1.82) is 0 Å². The Balaban J connectivity index is 2.41. The Bertz CT molecular complexity index is 279. The van der Waals surface area contributed by atoms with E-state index in [2.05, 4.69) is 15.6 Å². The smallest absolute Gasteiger partial charge is 0.0875 e. The van der Waals surface area contributed by atoms with Crippen LogP contribution >= 0.6 is 0 Å². The number of fused-ring (bicyclic) bond motifs is 1. The van der Waals surface area contributed by atoms with E-state index in [0.29, 0.717) is 6.04 Å². The van der Waals surface area contributed by atoms with Gasteiger partial charge in [-0.15, -0.1) is 5.10 Å². The lowest BCUT2D eigenvalue weighted by Gasteiger charge is -2.21. The molecule has 0 spiro atoms. The lowest BCUT2D eigenvalue weighted by molar-refractivity contribution is 0.464. The van der Waals surface area contributed by atoms with Crippen molar-refractivity contribution >= 4 is 0 Å². The molecule has 0 radical (unpaired) electrons. The van der Waals surface area contributed by atoms with E-state index < -0.39 is 0 Å². The highest BCUT2D eigenvalue weighted by Crippen LogP contribution is 2.26. The second kappa shape index (κ2) is 2.86. The molecule has 1 unspecified atom stereocenters. The van der Waals surface area contributed by atoms with E-state index in [-0.39, 0.29) is 0 Å². The summed E-state index contributed by atoms with van der Waals surface area (Å²) < 4.78 is 1.88. The fourth-order valence-corrected chi connectivity index (χ4v) is 1.90. The second-order valence-corrected chi connectivity index (χ2v) is 3.28. The first kappa shape index (κ1) is 7.73. The molecular weight excluding hydrogens is 152 g/mol. The molecule has 1 heterocycles. The van der Waals surface area contributed by atoms with Gasteiger partial charge in [-0.2, -0.15) is 0 Å². The fraction of sp³-hybridized carbons (Fsp3) is 0.750. The molecule has 4 nitrogen and oxygen atoms in total. The van der Waals surface area contributed by atoms with Crippen molar-refractivity contribution in [2.45, 2.75) is 25.3 Å². The highest BCUT2D eigenvalue weighted by atomic mass is 15.4. The van der Waals surface area contributed by atoms with Crippen LogP contribution in [0.25, 0.3) is 0 Å². The molecule has 2 rings (SSSR count). The lowest BCUT2D eigenvalue weighted by Crippen LogP contribution is -2.23. The maximum absolute atomic E-state index is 4.13. The lowest BCUT2D eigenvalue weighted by atomic mass is 9.96. The Hall–Kier alpha value is -0.900. The van der Waals surface area contributed by atoms with Crippen molar-refractivity contribution in [2.75, 3.05) is 7.05 Å². The summed E-state index contributed by atoms with van der Waals surface area (Å²) in [4.78, 5) is 0. The molecule has 0 aromatic carbocycles. The zero-order chi connectivity index (χ0) is 8.55. The SMILES string of the molecule is CNC1CCCc2nnn(C)c21. The number of aryl methyl sites for hydroxylation is 2. The summed E-state index contributed by atoms with van der Waals surface area (Å²) in [6.07, 6.45) is 3.50. The predicted molar refractivity (Wildman–Crippen MR) is 45.7 cm³/mol. The first-order valence-electron chi connectivity index (χ1n) is 4.38. The fourth-order valence-electron chi connectivity index (χ4n) is 1.90. The molecule has 1 aromatic heterocycles. The molecule has 1 N–H and O–H groups in total. The predicted octanol–water partition coefficient (Wildman–Crippen LogP) is 0.412. The van der Waals surface area contributed by atoms with Gasteiger partial charge in [0.1, 0.15) is 0 Å². The van der Waals surface area contributed by atoms with Crippen LogP contribution in [0.1, 0.15) is 30.3 Å². The van der Waals surface area contributed by atoms with E-state index in [1.54, 1.807) is 0 Å². The summed E-state index contributed by atoms with van der Waals surface area (Å²) in [7, 11) is 3.95. The van der Waals surface area contributed by atoms with Gasteiger partial charge in [0.15, 0.2) is 0 Å². The molecule has 12 heavy (non-hydrogen) atoms. The number of nitrogens with one attached hydrogen (secondary N) is 1. The van der Waals surface area contributed by atoms with Crippen molar-refractivity contribution < 1.29 is 0 Å². The highest BCUT2D eigenvalue weighted by Gasteiger charge is 2.23. The average Bonchev–Trinajstić information content (AvgIpc) is 2.48. The molecule has 1 aliphatic carbocycles. The number of hydrogen-bond acceptors (Lipinski definition) is 3. The number of hydrogen-bond donors (Lipinski definition) is 1. The van der Waals surface area contributed by atoms with Gasteiger partial charge in [0.05, 0.1) is 17.4 Å². The second-order valence-electron chi connectivity index (χ2n) is 3.28. The first-order valence-corrected chi connectivity index (χ1v) is 4.38. The molecule has 0 bridgehead atoms. The van der Waals surface area contributed by atoms with Crippen molar-refractivity contribution in [3.8, 4) is 0 Å².